The SMILES string of the molecule is CC(NC1(C(=O)O)CCCCC1)C(N)=O. The molecule has 1 unspecified atom stereocenters. The Morgan fingerprint density at radius 3 is 2.27 bits per heavy atom. The maximum absolute atomic E-state index is 11.2. The molecule has 1 fully saturated rings. The molecule has 86 valence electrons. The van der Waals surface area contributed by atoms with Gasteiger partial charge >= 0.3 is 5.97 Å². The molecular formula is C10H18N2O3. The summed E-state index contributed by atoms with van der Waals surface area (Å²) in [6.45, 7) is 1.60. The summed E-state index contributed by atoms with van der Waals surface area (Å²) in [7, 11) is 0. The highest BCUT2D eigenvalue weighted by atomic mass is 16.4. The number of carboxylic acids is 1. The number of amides is 1. The minimum absolute atomic E-state index is 0.513. The topological polar surface area (TPSA) is 92.4 Å². The first kappa shape index (κ1) is 12.0. The standard InChI is InChI=1S/C10H18N2O3/c1-7(8(11)13)12-10(9(14)15)5-3-2-4-6-10/h7,12H,2-6H2,1H3,(H2,11,13)(H,14,15). The molecule has 1 saturated carbocycles. The molecule has 0 aliphatic heterocycles. The lowest BCUT2D eigenvalue weighted by Gasteiger charge is -2.35. The van der Waals surface area contributed by atoms with Gasteiger partial charge in [-0.25, -0.2) is 0 Å². The first-order valence-corrected chi connectivity index (χ1v) is 5.28. The molecule has 0 bridgehead atoms. The van der Waals surface area contributed by atoms with Gasteiger partial charge in [0.15, 0.2) is 0 Å². The second kappa shape index (κ2) is 4.61. The molecule has 0 aromatic rings. The number of nitrogens with two attached hydrogens (primary N) is 1. The Kier molecular flexibility index (Phi) is 3.68. The van der Waals surface area contributed by atoms with Gasteiger partial charge in [0.2, 0.25) is 5.91 Å². The van der Waals surface area contributed by atoms with E-state index in [1.54, 1.807) is 6.92 Å². The van der Waals surface area contributed by atoms with Gasteiger partial charge in [-0.1, -0.05) is 19.3 Å². The second-order valence-electron chi connectivity index (χ2n) is 4.22. The first-order chi connectivity index (χ1) is 6.98. The fraction of sp³-hybridized carbons (Fsp3) is 0.800. The average molecular weight is 214 g/mol. The summed E-state index contributed by atoms with van der Waals surface area (Å²) in [5, 5.41) is 12.1. The van der Waals surface area contributed by atoms with Crippen LogP contribution in [0.4, 0.5) is 0 Å². The van der Waals surface area contributed by atoms with Crippen LogP contribution >= 0.6 is 0 Å². The number of rotatable bonds is 4. The number of carbonyl (C=O) groups excluding carboxylic acids is 1. The number of hydrogen-bond acceptors (Lipinski definition) is 3. The fourth-order valence-corrected chi connectivity index (χ4v) is 2.06. The van der Waals surface area contributed by atoms with E-state index in [0.29, 0.717) is 12.8 Å². The van der Waals surface area contributed by atoms with E-state index in [1.165, 1.54) is 0 Å². The van der Waals surface area contributed by atoms with E-state index in [0.717, 1.165) is 19.3 Å². The molecular weight excluding hydrogens is 196 g/mol. The minimum atomic E-state index is -0.952. The van der Waals surface area contributed by atoms with Crippen molar-refractivity contribution in [3.05, 3.63) is 0 Å². The summed E-state index contributed by atoms with van der Waals surface area (Å²) in [6.07, 6.45) is 3.96. The van der Waals surface area contributed by atoms with E-state index in [-0.39, 0.29) is 0 Å². The minimum Gasteiger partial charge on any atom is -0.480 e. The largest absolute Gasteiger partial charge is 0.480 e. The van der Waals surface area contributed by atoms with Gasteiger partial charge in [0.1, 0.15) is 5.54 Å². The Morgan fingerprint density at radius 1 is 1.33 bits per heavy atom. The zero-order valence-corrected chi connectivity index (χ0v) is 8.95. The Bertz CT molecular complexity index is 259. The van der Waals surface area contributed by atoms with Gasteiger partial charge < -0.3 is 10.8 Å². The lowest BCUT2D eigenvalue weighted by Crippen LogP contribution is -2.59. The average Bonchev–Trinajstić information content (AvgIpc) is 2.18. The Balaban J connectivity index is 2.72. The molecule has 0 heterocycles. The Morgan fingerprint density at radius 2 is 1.87 bits per heavy atom. The summed E-state index contributed by atoms with van der Waals surface area (Å²) in [6, 6.07) is -0.598. The van der Waals surface area contributed by atoms with E-state index >= 15 is 0 Å². The van der Waals surface area contributed by atoms with Crippen molar-refractivity contribution in [1.29, 1.82) is 0 Å². The molecule has 0 spiro atoms. The number of nitrogens with one attached hydrogen (secondary N) is 1. The molecule has 0 radical (unpaired) electrons. The normalized spacial score (nSPS) is 21.9. The van der Waals surface area contributed by atoms with Gasteiger partial charge in [-0.3, -0.25) is 14.9 Å². The predicted molar refractivity (Wildman–Crippen MR) is 55.2 cm³/mol. The fourth-order valence-electron chi connectivity index (χ4n) is 2.06. The van der Waals surface area contributed by atoms with Crippen LogP contribution in [0.15, 0.2) is 0 Å². The van der Waals surface area contributed by atoms with Crippen molar-refractivity contribution in [2.24, 2.45) is 5.73 Å². The molecule has 1 aliphatic rings. The third-order valence-electron chi connectivity index (χ3n) is 3.04. The molecule has 1 amide bonds. The lowest BCUT2D eigenvalue weighted by molar-refractivity contribution is -0.147. The van der Waals surface area contributed by atoms with Crippen LogP contribution in [0, 0.1) is 0 Å². The number of carbonyl (C=O) groups is 2. The number of hydrogen-bond donors (Lipinski definition) is 3. The zero-order chi connectivity index (χ0) is 11.5. The molecule has 1 aliphatic carbocycles. The lowest BCUT2D eigenvalue weighted by atomic mass is 9.81. The molecule has 0 aromatic heterocycles. The van der Waals surface area contributed by atoms with Crippen LogP contribution in [-0.4, -0.2) is 28.6 Å². The summed E-state index contributed by atoms with van der Waals surface area (Å²) in [5.41, 5.74) is 4.17. The Labute approximate surface area is 89.0 Å². The molecule has 5 nitrogen and oxygen atoms in total. The van der Waals surface area contributed by atoms with Gasteiger partial charge in [0.05, 0.1) is 6.04 Å². The van der Waals surface area contributed by atoms with Gasteiger partial charge in [-0.2, -0.15) is 0 Å². The molecule has 1 atom stereocenters. The van der Waals surface area contributed by atoms with E-state index in [4.69, 9.17) is 5.73 Å². The van der Waals surface area contributed by atoms with E-state index < -0.39 is 23.5 Å². The smallest absolute Gasteiger partial charge is 0.323 e. The van der Waals surface area contributed by atoms with Gasteiger partial charge in [-0.15, -0.1) is 0 Å². The van der Waals surface area contributed by atoms with Crippen LogP contribution in [0.2, 0.25) is 0 Å². The molecule has 15 heavy (non-hydrogen) atoms. The van der Waals surface area contributed by atoms with Crippen LogP contribution in [0.25, 0.3) is 0 Å². The molecule has 0 saturated heterocycles. The molecule has 5 heteroatoms. The summed E-state index contributed by atoms with van der Waals surface area (Å²) >= 11 is 0. The zero-order valence-electron chi connectivity index (χ0n) is 8.95. The van der Waals surface area contributed by atoms with Gasteiger partial charge in [-0.05, 0) is 19.8 Å². The summed E-state index contributed by atoms with van der Waals surface area (Å²) in [4.78, 5) is 22.1. The third kappa shape index (κ3) is 2.68. The number of aliphatic carboxylic acids is 1. The maximum Gasteiger partial charge on any atom is 0.323 e. The van der Waals surface area contributed by atoms with Crippen LogP contribution < -0.4 is 11.1 Å². The highest BCUT2D eigenvalue weighted by molar-refractivity contribution is 5.83. The van der Waals surface area contributed by atoms with Crippen LogP contribution in [0.1, 0.15) is 39.0 Å². The van der Waals surface area contributed by atoms with Crippen molar-refractivity contribution >= 4 is 11.9 Å². The van der Waals surface area contributed by atoms with Crippen molar-refractivity contribution in [2.45, 2.75) is 50.6 Å². The monoisotopic (exact) mass is 214 g/mol. The molecule has 1 rings (SSSR count). The maximum atomic E-state index is 11.2. The van der Waals surface area contributed by atoms with Crippen molar-refractivity contribution in [3.63, 3.8) is 0 Å². The van der Waals surface area contributed by atoms with Gasteiger partial charge in [0, 0.05) is 0 Å². The van der Waals surface area contributed by atoms with E-state index in [1.807, 2.05) is 0 Å². The molecule has 0 aromatic carbocycles. The van der Waals surface area contributed by atoms with E-state index in [2.05, 4.69) is 5.32 Å². The highest BCUT2D eigenvalue weighted by Gasteiger charge is 2.40. The number of primary amides is 1. The van der Waals surface area contributed by atoms with E-state index in [9.17, 15) is 14.7 Å². The molecule has 4 N–H and O–H groups in total. The quantitative estimate of drug-likeness (QED) is 0.625. The van der Waals surface area contributed by atoms with Gasteiger partial charge in [0.25, 0.3) is 0 Å². The van der Waals surface area contributed by atoms with Crippen molar-refractivity contribution < 1.29 is 14.7 Å². The van der Waals surface area contributed by atoms with Crippen molar-refractivity contribution in [1.82, 2.24) is 5.32 Å². The predicted octanol–water partition coefficient (Wildman–Crippen LogP) is 0.237. The van der Waals surface area contributed by atoms with Crippen LogP contribution in [0.3, 0.4) is 0 Å². The third-order valence-corrected chi connectivity index (χ3v) is 3.04. The number of carboxylic acid groups (broad SMARTS) is 1. The summed E-state index contributed by atoms with van der Waals surface area (Å²) in [5.74, 6) is -1.39. The Hall–Kier alpha value is -1.10. The summed E-state index contributed by atoms with van der Waals surface area (Å²) < 4.78 is 0. The van der Waals surface area contributed by atoms with Crippen molar-refractivity contribution in [2.75, 3.05) is 0 Å². The first-order valence-electron chi connectivity index (χ1n) is 5.28. The van der Waals surface area contributed by atoms with Crippen LogP contribution in [0.5, 0.6) is 0 Å². The van der Waals surface area contributed by atoms with Crippen molar-refractivity contribution in [3.8, 4) is 0 Å². The van der Waals surface area contributed by atoms with Crippen LogP contribution in [-0.2, 0) is 9.59 Å². The second-order valence-corrected chi connectivity index (χ2v) is 4.22. The highest BCUT2D eigenvalue weighted by Crippen LogP contribution is 2.28.